The summed E-state index contributed by atoms with van der Waals surface area (Å²) >= 11 is 12.3. The van der Waals surface area contributed by atoms with E-state index in [1.54, 1.807) is 24.3 Å². The predicted octanol–water partition coefficient (Wildman–Crippen LogP) is 4.42. The number of para-hydroxylation sites is 1. The van der Waals surface area contributed by atoms with Gasteiger partial charge >= 0.3 is 6.03 Å². The van der Waals surface area contributed by atoms with Gasteiger partial charge in [-0.25, -0.2) is 4.79 Å². The van der Waals surface area contributed by atoms with Gasteiger partial charge in [-0.2, -0.15) is 0 Å². The molecule has 1 aromatic carbocycles. The lowest BCUT2D eigenvalue weighted by Crippen LogP contribution is -2.41. The molecule has 0 aliphatic carbocycles. The molecule has 0 radical (unpaired) electrons. The lowest BCUT2D eigenvalue weighted by Gasteiger charge is -2.30. The van der Waals surface area contributed by atoms with E-state index in [4.69, 9.17) is 23.2 Å². The minimum absolute atomic E-state index is 0.0144. The van der Waals surface area contributed by atoms with Crippen molar-refractivity contribution in [1.29, 1.82) is 0 Å². The summed E-state index contributed by atoms with van der Waals surface area (Å²) in [6.07, 6.45) is -0.500. The van der Waals surface area contributed by atoms with Gasteiger partial charge in [-0.3, -0.25) is 4.90 Å². The number of nitrogens with zero attached hydrogens (tertiary/aromatic N) is 3. The third-order valence-electron chi connectivity index (χ3n) is 2.85. The van der Waals surface area contributed by atoms with Crippen molar-refractivity contribution in [1.82, 2.24) is 9.65 Å². The molecular formula is C12H14Cl2FN3OS. The Morgan fingerprint density at radius 3 is 2.35 bits per heavy atom. The van der Waals surface area contributed by atoms with E-state index in [-0.39, 0.29) is 11.1 Å². The van der Waals surface area contributed by atoms with E-state index in [1.165, 1.54) is 9.31 Å². The maximum Gasteiger partial charge on any atom is 0.370 e. The number of benzene rings is 1. The number of alkyl halides is 2. The Bertz CT molecular complexity index is 477. The van der Waals surface area contributed by atoms with Gasteiger partial charge in [-0.05, 0) is 30.0 Å². The van der Waals surface area contributed by atoms with Gasteiger partial charge in [0.2, 0.25) is 0 Å². The molecule has 1 unspecified atom stereocenters. The highest BCUT2D eigenvalue weighted by atomic mass is 35.5. The van der Waals surface area contributed by atoms with Crippen LogP contribution in [0.2, 0.25) is 0 Å². The van der Waals surface area contributed by atoms with Crippen molar-refractivity contribution in [2.24, 2.45) is 5.92 Å². The number of amides is 2. The van der Waals surface area contributed by atoms with Crippen molar-refractivity contribution in [2.75, 3.05) is 4.90 Å². The molecule has 1 atom stereocenters. The molecule has 0 bridgehead atoms. The second-order valence-electron chi connectivity index (χ2n) is 4.57. The SMILES string of the molecule is CC(C)C1N(c2ccccc2)C(=O)N(F)N1SC(Cl)Cl. The number of urea groups is 1. The fourth-order valence-electron chi connectivity index (χ4n) is 2.08. The molecule has 110 valence electrons. The molecule has 2 amide bonds. The van der Waals surface area contributed by atoms with Crippen LogP contribution in [0.1, 0.15) is 13.8 Å². The van der Waals surface area contributed by atoms with Crippen LogP contribution in [0.5, 0.6) is 0 Å². The number of halogens is 3. The van der Waals surface area contributed by atoms with E-state index >= 15 is 0 Å². The molecule has 8 heteroatoms. The van der Waals surface area contributed by atoms with Crippen LogP contribution in [0.3, 0.4) is 0 Å². The van der Waals surface area contributed by atoms with Gasteiger partial charge in [-0.15, -0.1) is 4.41 Å². The number of rotatable bonds is 4. The summed E-state index contributed by atoms with van der Waals surface area (Å²) in [6, 6.07) is 8.19. The van der Waals surface area contributed by atoms with Gasteiger partial charge in [0, 0.05) is 5.69 Å². The van der Waals surface area contributed by atoms with Crippen molar-refractivity contribution >= 4 is 46.9 Å². The van der Waals surface area contributed by atoms with E-state index in [9.17, 15) is 9.28 Å². The van der Waals surface area contributed by atoms with Gasteiger partial charge in [0.1, 0.15) is 6.17 Å². The first-order valence-corrected chi connectivity index (χ1v) is 7.72. The highest BCUT2D eigenvalue weighted by molar-refractivity contribution is 8.00. The number of hydrogen-bond donors (Lipinski definition) is 0. The Balaban J connectivity index is 2.37. The average molecular weight is 338 g/mol. The summed E-state index contributed by atoms with van der Waals surface area (Å²) in [5, 5.41) is 0.0556. The van der Waals surface area contributed by atoms with Crippen LogP contribution in [0.25, 0.3) is 0 Å². The molecule has 1 fully saturated rings. The maximum absolute atomic E-state index is 14.1. The third-order valence-corrected chi connectivity index (χ3v) is 4.06. The van der Waals surface area contributed by atoms with Crippen LogP contribution in [0.15, 0.2) is 30.3 Å². The Hall–Kier alpha value is -0.690. The van der Waals surface area contributed by atoms with Crippen molar-refractivity contribution in [2.45, 2.75) is 24.2 Å². The quantitative estimate of drug-likeness (QED) is 0.462. The lowest BCUT2D eigenvalue weighted by molar-refractivity contribution is -0.0519. The number of hydrogen-bond acceptors (Lipinski definition) is 3. The monoisotopic (exact) mass is 337 g/mol. The van der Waals surface area contributed by atoms with Crippen LogP contribution in [-0.4, -0.2) is 26.0 Å². The Morgan fingerprint density at radius 1 is 1.25 bits per heavy atom. The summed E-state index contributed by atoms with van der Waals surface area (Å²) in [7, 11) is 0. The van der Waals surface area contributed by atoms with E-state index in [0.29, 0.717) is 5.69 Å². The molecule has 1 heterocycles. The van der Waals surface area contributed by atoms with Crippen LogP contribution in [0.4, 0.5) is 15.0 Å². The highest BCUT2D eigenvalue weighted by Gasteiger charge is 2.48. The van der Waals surface area contributed by atoms with Crippen molar-refractivity contribution in [3.63, 3.8) is 0 Å². The van der Waals surface area contributed by atoms with E-state index in [1.807, 2.05) is 19.9 Å². The predicted molar refractivity (Wildman–Crippen MR) is 80.8 cm³/mol. The molecule has 1 saturated heterocycles. The average Bonchev–Trinajstić information content (AvgIpc) is 2.64. The molecule has 2 rings (SSSR count). The van der Waals surface area contributed by atoms with Crippen LogP contribution in [0, 0.1) is 5.92 Å². The number of carbonyl (C=O) groups excluding carboxylic acids is 1. The van der Waals surface area contributed by atoms with Gasteiger partial charge in [0.25, 0.3) is 0 Å². The Morgan fingerprint density at radius 2 is 1.85 bits per heavy atom. The molecule has 0 N–H and O–H groups in total. The molecule has 20 heavy (non-hydrogen) atoms. The smallest absolute Gasteiger partial charge is 0.272 e. The fourth-order valence-corrected chi connectivity index (χ4v) is 3.35. The van der Waals surface area contributed by atoms with E-state index in [0.717, 1.165) is 11.9 Å². The topological polar surface area (TPSA) is 26.8 Å². The summed E-state index contributed by atoms with van der Waals surface area (Å²) in [5.74, 6) is -0.0144. The summed E-state index contributed by atoms with van der Waals surface area (Å²) < 4.78 is 14.4. The second kappa shape index (κ2) is 6.39. The first-order chi connectivity index (χ1) is 9.43. The highest BCUT2D eigenvalue weighted by Crippen LogP contribution is 2.39. The first-order valence-electron chi connectivity index (χ1n) is 6.01. The summed E-state index contributed by atoms with van der Waals surface area (Å²) in [4.78, 5) is 13.5. The zero-order valence-corrected chi connectivity index (χ0v) is 13.2. The maximum atomic E-state index is 14.1. The van der Waals surface area contributed by atoms with Gasteiger partial charge in [0.15, 0.2) is 4.17 Å². The van der Waals surface area contributed by atoms with Crippen molar-refractivity contribution in [3.8, 4) is 0 Å². The molecule has 0 saturated carbocycles. The molecule has 1 aromatic rings. The largest absolute Gasteiger partial charge is 0.370 e. The molecule has 0 aromatic heterocycles. The van der Waals surface area contributed by atoms with Crippen LogP contribution in [-0.2, 0) is 0 Å². The standard InChI is InChI=1S/C12H14Cl2FN3OS/c1-8(2)10-16(9-6-4-3-5-7-9)12(19)17(15)18(10)20-11(13)14/h3-8,10-11H,1-2H3. The Labute approximate surface area is 131 Å². The summed E-state index contributed by atoms with van der Waals surface area (Å²) in [5.41, 5.74) is 0.627. The number of hydrazine groups is 1. The molecule has 4 nitrogen and oxygen atoms in total. The van der Waals surface area contributed by atoms with Gasteiger partial charge in [0.05, 0.1) is 0 Å². The molecule has 1 aliphatic rings. The number of anilines is 1. The van der Waals surface area contributed by atoms with Crippen LogP contribution >= 0.6 is 35.1 Å². The minimum atomic E-state index is -0.863. The zero-order chi connectivity index (χ0) is 14.9. The van der Waals surface area contributed by atoms with Crippen molar-refractivity contribution in [3.05, 3.63) is 30.3 Å². The zero-order valence-electron chi connectivity index (χ0n) is 10.9. The van der Waals surface area contributed by atoms with E-state index < -0.39 is 16.4 Å². The molecule has 1 aliphatic heterocycles. The molecular weight excluding hydrogens is 324 g/mol. The Kier molecular flexibility index (Phi) is 5.01. The fraction of sp³-hybridized carbons (Fsp3) is 0.417. The minimum Gasteiger partial charge on any atom is -0.272 e. The third kappa shape index (κ3) is 2.98. The molecule has 0 spiro atoms. The summed E-state index contributed by atoms with van der Waals surface area (Å²) in [6.45, 7) is 3.80. The van der Waals surface area contributed by atoms with Crippen molar-refractivity contribution < 1.29 is 9.28 Å². The normalized spacial score (nSPS) is 20.6. The van der Waals surface area contributed by atoms with Gasteiger partial charge in [-0.1, -0.05) is 65.0 Å². The number of carbonyl (C=O) groups is 1. The lowest BCUT2D eigenvalue weighted by atomic mass is 10.1. The second-order valence-corrected chi connectivity index (χ2v) is 7.24. The van der Waals surface area contributed by atoms with Gasteiger partial charge < -0.3 is 0 Å². The first kappa shape index (κ1) is 15.7. The van der Waals surface area contributed by atoms with Crippen LogP contribution < -0.4 is 4.90 Å². The van der Waals surface area contributed by atoms with E-state index in [2.05, 4.69) is 0 Å².